The lowest BCUT2D eigenvalue weighted by atomic mass is 10.2. The molecule has 0 spiro atoms. The standard InChI is InChI=1S/C13H17F2NO3/c1-9(2)8-17-6-5-16-10-3-4-11-12(7-10)19-13(14,15)18-11/h3-4,7,9,16H,5-6,8H2,1-2H3. The van der Waals surface area contributed by atoms with E-state index in [9.17, 15) is 8.78 Å². The van der Waals surface area contributed by atoms with Crippen molar-refractivity contribution in [2.24, 2.45) is 5.92 Å². The van der Waals surface area contributed by atoms with Crippen LogP contribution in [-0.4, -0.2) is 26.1 Å². The number of benzene rings is 1. The average Bonchev–Trinajstić information content (AvgIpc) is 2.61. The van der Waals surface area contributed by atoms with Gasteiger partial charge in [-0.05, 0) is 18.1 Å². The number of fused-ring (bicyclic) bond motifs is 1. The number of hydrogen-bond donors (Lipinski definition) is 1. The molecule has 106 valence electrons. The molecule has 1 heterocycles. The van der Waals surface area contributed by atoms with E-state index in [1.807, 2.05) is 0 Å². The fourth-order valence-electron chi connectivity index (χ4n) is 1.65. The molecule has 0 amide bonds. The first kappa shape index (κ1) is 13.9. The molecule has 0 aromatic heterocycles. The molecule has 1 N–H and O–H groups in total. The van der Waals surface area contributed by atoms with Crippen LogP contribution in [-0.2, 0) is 4.74 Å². The van der Waals surface area contributed by atoms with Crippen molar-refractivity contribution in [3.05, 3.63) is 18.2 Å². The summed E-state index contributed by atoms with van der Waals surface area (Å²) in [5, 5.41) is 3.07. The monoisotopic (exact) mass is 273 g/mol. The number of rotatable bonds is 6. The predicted molar refractivity (Wildman–Crippen MR) is 66.8 cm³/mol. The Morgan fingerprint density at radius 3 is 2.74 bits per heavy atom. The van der Waals surface area contributed by atoms with Gasteiger partial charge in [-0.25, -0.2) is 0 Å². The average molecular weight is 273 g/mol. The van der Waals surface area contributed by atoms with Gasteiger partial charge in [-0.1, -0.05) is 13.8 Å². The van der Waals surface area contributed by atoms with Crippen molar-refractivity contribution in [3.8, 4) is 11.5 Å². The van der Waals surface area contributed by atoms with Crippen LogP contribution in [0.4, 0.5) is 14.5 Å². The fraction of sp³-hybridized carbons (Fsp3) is 0.538. The third-order valence-corrected chi connectivity index (χ3v) is 2.43. The molecule has 1 aromatic carbocycles. The van der Waals surface area contributed by atoms with Crippen LogP contribution in [0.25, 0.3) is 0 Å². The van der Waals surface area contributed by atoms with Crippen molar-refractivity contribution in [1.82, 2.24) is 0 Å². The molecule has 0 saturated heterocycles. The number of nitrogens with one attached hydrogen (secondary N) is 1. The second kappa shape index (κ2) is 5.61. The van der Waals surface area contributed by atoms with Gasteiger partial charge < -0.3 is 19.5 Å². The van der Waals surface area contributed by atoms with Crippen LogP contribution in [0.2, 0.25) is 0 Å². The minimum Gasteiger partial charge on any atom is -0.395 e. The van der Waals surface area contributed by atoms with Crippen LogP contribution in [0.1, 0.15) is 13.8 Å². The second-order valence-corrected chi connectivity index (χ2v) is 4.72. The normalized spacial score (nSPS) is 15.8. The lowest BCUT2D eigenvalue weighted by Gasteiger charge is -2.09. The van der Waals surface area contributed by atoms with Crippen molar-refractivity contribution < 1.29 is 23.0 Å². The van der Waals surface area contributed by atoms with Crippen molar-refractivity contribution in [1.29, 1.82) is 0 Å². The minimum atomic E-state index is -3.57. The third-order valence-electron chi connectivity index (χ3n) is 2.43. The topological polar surface area (TPSA) is 39.7 Å². The highest BCUT2D eigenvalue weighted by molar-refractivity contribution is 5.55. The number of ether oxygens (including phenoxy) is 3. The summed E-state index contributed by atoms with van der Waals surface area (Å²) in [7, 11) is 0. The number of anilines is 1. The maximum absolute atomic E-state index is 12.8. The minimum absolute atomic E-state index is 0.0399. The quantitative estimate of drug-likeness (QED) is 0.808. The molecule has 4 nitrogen and oxygen atoms in total. The Bertz CT molecular complexity index is 438. The number of alkyl halides is 2. The zero-order valence-corrected chi connectivity index (χ0v) is 10.9. The van der Waals surface area contributed by atoms with Crippen molar-refractivity contribution >= 4 is 5.69 Å². The molecule has 19 heavy (non-hydrogen) atoms. The molecule has 2 rings (SSSR count). The van der Waals surface area contributed by atoms with Crippen LogP contribution < -0.4 is 14.8 Å². The SMILES string of the molecule is CC(C)COCCNc1ccc2c(c1)OC(F)(F)O2. The van der Waals surface area contributed by atoms with Gasteiger partial charge in [0.25, 0.3) is 0 Å². The zero-order valence-electron chi connectivity index (χ0n) is 10.9. The summed E-state index contributed by atoms with van der Waals surface area (Å²) in [4.78, 5) is 0. The highest BCUT2D eigenvalue weighted by atomic mass is 19.3. The Balaban J connectivity index is 1.80. The number of halogens is 2. The molecule has 1 aromatic rings. The van der Waals surface area contributed by atoms with E-state index in [1.165, 1.54) is 12.1 Å². The van der Waals surface area contributed by atoms with Gasteiger partial charge in [-0.2, -0.15) is 0 Å². The van der Waals surface area contributed by atoms with Crippen LogP contribution in [0.15, 0.2) is 18.2 Å². The predicted octanol–water partition coefficient (Wildman–Crippen LogP) is 3.09. The van der Waals surface area contributed by atoms with Crippen LogP contribution >= 0.6 is 0 Å². The highest BCUT2D eigenvalue weighted by Gasteiger charge is 2.43. The Morgan fingerprint density at radius 2 is 2.00 bits per heavy atom. The van der Waals surface area contributed by atoms with Gasteiger partial charge in [0.15, 0.2) is 11.5 Å². The van der Waals surface area contributed by atoms with Gasteiger partial charge in [0.05, 0.1) is 6.61 Å². The van der Waals surface area contributed by atoms with Gasteiger partial charge in [0, 0.05) is 24.9 Å². The molecule has 0 unspecified atom stereocenters. The molecule has 1 aliphatic heterocycles. The maximum Gasteiger partial charge on any atom is 0.586 e. The number of hydrogen-bond acceptors (Lipinski definition) is 4. The Kier molecular flexibility index (Phi) is 4.09. The van der Waals surface area contributed by atoms with Crippen molar-refractivity contribution in [2.45, 2.75) is 20.1 Å². The second-order valence-electron chi connectivity index (χ2n) is 4.72. The van der Waals surface area contributed by atoms with E-state index in [2.05, 4.69) is 28.6 Å². The Morgan fingerprint density at radius 1 is 1.26 bits per heavy atom. The summed E-state index contributed by atoms with van der Waals surface area (Å²) < 4.78 is 39.7. The van der Waals surface area contributed by atoms with E-state index in [1.54, 1.807) is 6.07 Å². The van der Waals surface area contributed by atoms with E-state index in [-0.39, 0.29) is 11.5 Å². The molecule has 1 aliphatic rings. The Hall–Kier alpha value is -1.56. The maximum atomic E-state index is 12.8. The van der Waals surface area contributed by atoms with Crippen LogP contribution in [0.5, 0.6) is 11.5 Å². The fourth-order valence-corrected chi connectivity index (χ4v) is 1.65. The Labute approximate surface area is 110 Å². The molecule has 0 atom stereocenters. The summed E-state index contributed by atoms with van der Waals surface area (Å²) in [5.41, 5.74) is 0.688. The van der Waals surface area contributed by atoms with Gasteiger partial charge in [-0.15, -0.1) is 8.78 Å². The van der Waals surface area contributed by atoms with E-state index < -0.39 is 6.29 Å². The first-order valence-corrected chi connectivity index (χ1v) is 6.18. The lowest BCUT2D eigenvalue weighted by molar-refractivity contribution is -0.286. The molecule has 0 bridgehead atoms. The summed E-state index contributed by atoms with van der Waals surface area (Å²) in [5.74, 6) is 0.581. The molecule has 6 heteroatoms. The van der Waals surface area contributed by atoms with Crippen LogP contribution in [0.3, 0.4) is 0 Å². The first-order chi connectivity index (χ1) is 8.96. The summed E-state index contributed by atoms with van der Waals surface area (Å²) in [6.07, 6.45) is -3.57. The van der Waals surface area contributed by atoms with Gasteiger partial charge in [0.1, 0.15) is 0 Å². The summed E-state index contributed by atoms with van der Waals surface area (Å²) in [6, 6.07) is 4.60. The molecular weight excluding hydrogens is 256 g/mol. The van der Waals surface area contributed by atoms with Crippen LogP contribution in [0, 0.1) is 5.92 Å². The molecule has 0 fully saturated rings. The smallest absolute Gasteiger partial charge is 0.395 e. The van der Waals surface area contributed by atoms with Gasteiger partial charge in [0.2, 0.25) is 0 Å². The van der Waals surface area contributed by atoms with E-state index >= 15 is 0 Å². The lowest BCUT2D eigenvalue weighted by Crippen LogP contribution is -2.25. The molecule has 0 radical (unpaired) electrons. The van der Waals surface area contributed by atoms with Crippen molar-refractivity contribution in [3.63, 3.8) is 0 Å². The zero-order chi connectivity index (χ0) is 13.9. The van der Waals surface area contributed by atoms with Crippen molar-refractivity contribution in [2.75, 3.05) is 25.1 Å². The van der Waals surface area contributed by atoms with E-state index in [4.69, 9.17) is 4.74 Å². The molecule has 0 saturated carbocycles. The van der Waals surface area contributed by atoms with Gasteiger partial charge >= 0.3 is 6.29 Å². The third kappa shape index (κ3) is 3.96. The first-order valence-electron chi connectivity index (χ1n) is 6.18. The van der Waals surface area contributed by atoms with Gasteiger partial charge in [-0.3, -0.25) is 0 Å². The molecule has 0 aliphatic carbocycles. The summed E-state index contributed by atoms with van der Waals surface area (Å²) >= 11 is 0. The largest absolute Gasteiger partial charge is 0.586 e. The molecular formula is C13H17F2NO3. The van der Waals surface area contributed by atoms with E-state index in [0.29, 0.717) is 31.4 Å². The van der Waals surface area contributed by atoms with E-state index in [0.717, 1.165) is 0 Å². The summed E-state index contributed by atoms with van der Waals surface area (Å²) in [6.45, 7) is 6.01. The highest BCUT2D eigenvalue weighted by Crippen LogP contribution is 2.42.